The van der Waals surface area contributed by atoms with Crippen molar-refractivity contribution in [2.45, 2.75) is 20.3 Å². The third-order valence-electron chi connectivity index (χ3n) is 3.46. The molecule has 0 aliphatic heterocycles. The van der Waals surface area contributed by atoms with E-state index < -0.39 is 11.7 Å². The number of esters is 1. The Morgan fingerprint density at radius 1 is 1.30 bits per heavy atom. The van der Waals surface area contributed by atoms with E-state index in [4.69, 9.17) is 4.74 Å². The number of nitrogens with zero attached hydrogens (tertiary/aromatic N) is 1. The van der Waals surface area contributed by atoms with E-state index in [0.717, 1.165) is 0 Å². The number of hydrogen-bond donors (Lipinski definition) is 0. The third-order valence-corrected chi connectivity index (χ3v) is 3.46. The molecule has 0 N–H and O–H groups in total. The predicted molar refractivity (Wildman–Crippen MR) is 84.4 cm³/mol. The van der Waals surface area contributed by atoms with Crippen LogP contribution in [0.3, 0.4) is 0 Å². The molecule has 0 radical (unpaired) electrons. The molecule has 0 aliphatic carbocycles. The van der Waals surface area contributed by atoms with Gasteiger partial charge in [-0.25, -0.2) is 4.39 Å². The zero-order valence-electron chi connectivity index (χ0n) is 13.9. The number of carbonyl (C=O) groups excluding carboxylic acids is 2. The fourth-order valence-corrected chi connectivity index (χ4v) is 2.16. The first-order valence-corrected chi connectivity index (χ1v) is 7.66. The van der Waals surface area contributed by atoms with Crippen molar-refractivity contribution in [2.24, 2.45) is 5.92 Å². The van der Waals surface area contributed by atoms with Crippen molar-refractivity contribution in [3.63, 3.8) is 0 Å². The van der Waals surface area contributed by atoms with Crippen molar-refractivity contribution in [3.05, 3.63) is 35.6 Å². The molecule has 1 amide bonds. The van der Waals surface area contributed by atoms with Crippen molar-refractivity contribution in [1.82, 2.24) is 4.90 Å². The van der Waals surface area contributed by atoms with Crippen molar-refractivity contribution < 1.29 is 23.5 Å². The average Bonchev–Trinajstić information content (AvgIpc) is 2.55. The number of ether oxygens (including phenoxy) is 2. The van der Waals surface area contributed by atoms with Gasteiger partial charge in [0.25, 0.3) is 0 Å². The SMILES string of the molecule is CCOCCN(C[C@H](C)C(=O)OC)C(=O)Cc1ccccc1F. The molecule has 0 aromatic heterocycles. The number of rotatable bonds is 9. The topological polar surface area (TPSA) is 55.8 Å². The summed E-state index contributed by atoms with van der Waals surface area (Å²) >= 11 is 0. The molecule has 0 saturated carbocycles. The summed E-state index contributed by atoms with van der Waals surface area (Å²) in [5, 5.41) is 0. The smallest absolute Gasteiger partial charge is 0.310 e. The second-order valence-corrected chi connectivity index (χ2v) is 5.23. The van der Waals surface area contributed by atoms with E-state index in [0.29, 0.717) is 25.3 Å². The minimum absolute atomic E-state index is 0.0489. The summed E-state index contributed by atoms with van der Waals surface area (Å²) in [5.41, 5.74) is 0.338. The maximum absolute atomic E-state index is 13.7. The third kappa shape index (κ3) is 6.36. The van der Waals surface area contributed by atoms with Gasteiger partial charge in [-0.3, -0.25) is 9.59 Å². The van der Waals surface area contributed by atoms with Crippen LogP contribution in [0.5, 0.6) is 0 Å². The van der Waals surface area contributed by atoms with Gasteiger partial charge in [0.1, 0.15) is 5.82 Å². The molecule has 6 heteroatoms. The summed E-state index contributed by atoms with van der Waals surface area (Å²) in [4.78, 5) is 25.5. The molecule has 0 saturated heterocycles. The number of hydrogen-bond acceptors (Lipinski definition) is 4. The van der Waals surface area contributed by atoms with Crippen molar-refractivity contribution in [1.29, 1.82) is 0 Å². The van der Waals surface area contributed by atoms with E-state index in [1.165, 1.54) is 18.1 Å². The van der Waals surface area contributed by atoms with Crippen molar-refractivity contribution >= 4 is 11.9 Å². The fourth-order valence-electron chi connectivity index (χ4n) is 2.16. The van der Waals surface area contributed by atoms with Crippen LogP contribution in [0, 0.1) is 11.7 Å². The van der Waals surface area contributed by atoms with Gasteiger partial charge in [0, 0.05) is 19.7 Å². The number of methoxy groups -OCH3 is 1. The lowest BCUT2D eigenvalue weighted by molar-refractivity contribution is -0.146. The summed E-state index contributed by atoms with van der Waals surface area (Å²) in [6.07, 6.45) is -0.0489. The molecule has 0 bridgehead atoms. The van der Waals surface area contributed by atoms with Crippen molar-refractivity contribution in [2.75, 3.05) is 33.4 Å². The zero-order valence-corrected chi connectivity index (χ0v) is 13.9. The first-order chi connectivity index (χ1) is 11.0. The Balaban J connectivity index is 2.75. The largest absolute Gasteiger partial charge is 0.469 e. The summed E-state index contributed by atoms with van der Waals surface area (Å²) < 4.78 is 23.7. The monoisotopic (exact) mass is 325 g/mol. The van der Waals surface area contributed by atoms with E-state index >= 15 is 0 Å². The number of carbonyl (C=O) groups is 2. The van der Waals surface area contributed by atoms with E-state index in [1.54, 1.807) is 25.1 Å². The molecule has 0 heterocycles. The lowest BCUT2D eigenvalue weighted by Gasteiger charge is -2.25. The molecule has 0 fully saturated rings. The molecular formula is C17H24FNO4. The van der Waals surface area contributed by atoms with Crippen LogP contribution < -0.4 is 0 Å². The molecule has 1 aromatic rings. The lowest BCUT2D eigenvalue weighted by atomic mass is 10.1. The molecule has 1 atom stereocenters. The van der Waals surface area contributed by atoms with Gasteiger partial charge in [0.05, 0.1) is 26.1 Å². The van der Waals surface area contributed by atoms with E-state index in [-0.39, 0.29) is 24.8 Å². The van der Waals surface area contributed by atoms with Gasteiger partial charge in [-0.2, -0.15) is 0 Å². The van der Waals surface area contributed by atoms with E-state index in [9.17, 15) is 14.0 Å². The Labute approximate surface area is 136 Å². The molecule has 128 valence electrons. The zero-order chi connectivity index (χ0) is 17.2. The summed E-state index contributed by atoms with van der Waals surface area (Å²) in [5.74, 6) is -1.49. The minimum atomic E-state index is -0.453. The second-order valence-electron chi connectivity index (χ2n) is 5.23. The van der Waals surface area contributed by atoms with Crippen LogP contribution >= 0.6 is 0 Å². The maximum Gasteiger partial charge on any atom is 0.310 e. The van der Waals surface area contributed by atoms with Gasteiger partial charge in [0.2, 0.25) is 5.91 Å². The van der Waals surface area contributed by atoms with Crippen LogP contribution in [-0.2, 0) is 25.5 Å². The maximum atomic E-state index is 13.7. The van der Waals surface area contributed by atoms with Gasteiger partial charge in [-0.05, 0) is 18.6 Å². The van der Waals surface area contributed by atoms with E-state index in [1.807, 2.05) is 6.92 Å². The van der Waals surface area contributed by atoms with Crippen LogP contribution in [0.25, 0.3) is 0 Å². The molecule has 23 heavy (non-hydrogen) atoms. The highest BCUT2D eigenvalue weighted by Crippen LogP contribution is 2.10. The lowest BCUT2D eigenvalue weighted by Crippen LogP contribution is -2.40. The molecule has 0 spiro atoms. The van der Waals surface area contributed by atoms with Crippen LogP contribution in [0.2, 0.25) is 0 Å². The van der Waals surface area contributed by atoms with E-state index in [2.05, 4.69) is 4.74 Å². The predicted octanol–water partition coefficient (Wildman–Crippen LogP) is 2.04. The number of benzene rings is 1. The van der Waals surface area contributed by atoms with Crippen LogP contribution in [0.15, 0.2) is 24.3 Å². The Morgan fingerprint density at radius 3 is 2.61 bits per heavy atom. The second kappa shape index (κ2) is 9.94. The normalized spacial score (nSPS) is 11.8. The average molecular weight is 325 g/mol. The van der Waals surface area contributed by atoms with Crippen molar-refractivity contribution in [3.8, 4) is 0 Å². The Hall–Kier alpha value is -1.95. The highest BCUT2D eigenvalue weighted by Gasteiger charge is 2.22. The molecule has 0 aliphatic rings. The molecular weight excluding hydrogens is 301 g/mol. The molecule has 1 aromatic carbocycles. The van der Waals surface area contributed by atoms with Gasteiger partial charge >= 0.3 is 5.97 Å². The summed E-state index contributed by atoms with van der Waals surface area (Å²) in [6, 6.07) is 6.17. The van der Waals surface area contributed by atoms with Crippen LogP contribution in [0.4, 0.5) is 4.39 Å². The Morgan fingerprint density at radius 2 is 2.00 bits per heavy atom. The van der Waals surface area contributed by atoms with Gasteiger partial charge < -0.3 is 14.4 Å². The van der Waals surface area contributed by atoms with Gasteiger partial charge in [0.15, 0.2) is 0 Å². The molecule has 5 nitrogen and oxygen atoms in total. The van der Waals surface area contributed by atoms with Gasteiger partial charge in [-0.15, -0.1) is 0 Å². The Bertz CT molecular complexity index is 521. The standard InChI is InChI=1S/C17H24FNO4/c1-4-23-10-9-19(12-13(2)17(21)22-3)16(20)11-14-7-5-6-8-15(14)18/h5-8,13H,4,9-12H2,1-3H3/t13-/m0/s1. The van der Waals surface area contributed by atoms with Crippen LogP contribution in [-0.4, -0.2) is 50.2 Å². The molecule has 1 rings (SSSR count). The first kappa shape index (κ1) is 19.1. The number of amides is 1. The summed E-state index contributed by atoms with van der Waals surface area (Å²) in [7, 11) is 1.31. The van der Waals surface area contributed by atoms with Crippen LogP contribution in [0.1, 0.15) is 19.4 Å². The number of halogens is 1. The highest BCUT2D eigenvalue weighted by molar-refractivity contribution is 5.80. The van der Waals surface area contributed by atoms with Gasteiger partial charge in [-0.1, -0.05) is 25.1 Å². The first-order valence-electron chi connectivity index (χ1n) is 7.66. The Kier molecular flexibility index (Phi) is 8.26. The fraction of sp³-hybridized carbons (Fsp3) is 0.529. The summed E-state index contributed by atoms with van der Waals surface area (Å²) in [6.45, 7) is 5.03. The quantitative estimate of drug-likeness (QED) is 0.515. The highest BCUT2D eigenvalue weighted by atomic mass is 19.1. The molecule has 0 unspecified atom stereocenters. The minimum Gasteiger partial charge on any atom is -0.469 e.